The lowest BCUT2D eigenvalue weighted by Gasteiger charge is -2.12. The summed E-state index contributed by atoms with van der Waals surface area (Å²) < 4.78 is 7.57. The normalized spacial score (nSPS) is 10.4. The summed E-state index contributed by atoms with van der Waals surface area (Å²) in [5.74, 6) is 0.281. The fourth-order valence-corrected chi connectivity index (χ4v) is 3.53. The van der Waals surface area contributed by atoms with E-state index in [0.29, 0.717) is 5.75 Å². The van der Waals surface area contributed by atoms with Gasteiger partial charge in [0.1, 0.15) is 5.75 Å². The van der Waals surface area contributed by atoms with Crippen LogP contribution in [0.2, 0.25) is 0 Å². The second-order valence-corrected chi connectivity index (χ2v) is 7.84. The van der Waals surface area contributed by atoms with Crippen LogP contribution in [-0.2, 0) is 4.79 Å². The molecular weight excluding hydrogens is 527 g/mol. The third kappa shape index (κ3) is 4.93. The van der Waals surface area contributed by atoms with Gasteiger partial charge in [0.25, 0.3) is 5.91 Å². The first-order valence-electron chi connectivity index (χ1n) is 7.69. The molecule has 0 aliphatic rings. The van der Waals surface area contributed by atoms with Gasteiger partial charge in [-0.05, 0) is 91.8 Å². The highest BCUT2D eigenvalue weighted by atomic mass is 127. The number of halogens is 2. The van der Waals surface area contributed by atoms with Gasteiger partial charge >= 0.3 is 0 Å². The van der Waals surface area contributed by atoms with Gasteiger partial charge in [0.15, 0.2) is 11.7 Å². The summed E-state index contributed by atoms with van der Waals surface area (Å²) in [7, 11) is 0. The van der Waals surface area contributed by atoms with E-state index in [1.54, 1.807) is 0 Å². The summed E-state index contributed by atoms with van der Waals surface area (Å²) in [5.41, 5.74) is 0.814. The van der Waals surface area contributed by atoms with Crippen molar-refractivity contribution in [2.24, 2.45) is 0 Å². The summed E-state index contributed by atoms with van der Waals surface area (Å²) in [6, 6.07) is 19.4. The van der Waals surface area contributed by atoms with Crippen molar-refractivity contribution < 1.29 is 9.53 Å². The molecule has 3 aromatic rings. The van der Waals surface area contributed by atoms with Gasteiger partial charge < -0.3 is 10.1 Å². The number of rotatable bonds is 4. The van der Waals surface area contributed by atoms with Crippen LogP contribution in [0.3, 0.4) is 0 Å². The van der Waals surface area contributed by atoms with E-state index >= 15 is 0 Å². The number of hydrogen-bond donors (Lipinski definition) is 2. The molecule has 0 saturated carbocycles. The van der Waals surface area contributed by atoms with Crippen molar-refractivity contribution in [2.75, 3.05) is 11.9 Å². The molecule has 0 fully saturated rings. The molecule has 1 amide bonds. The van der Waals surface area contributed by atoms with E-state index in [-0.39, 0.29) is 17.6 Å². The lowest BCUT2D eigenvalue weighted by atomic mass is 10.1. The van der Waals surface area contributed by atoms with Gasteiger partial charge in [0, 0.05) is 9.26 Å². The third-order valence-electron chi connectivity index (χ3n) is 3.54. The van der Waals surface area contributed by atoms with Gasteiger partial charge in [-0.2, -0.15) is 0 Å². The minimum Gasteiger partial charge on any atom is -0.483 e. The van der Waals surface area contributed by atoms with E-state index in [1.165, 1.54) is 0 Å². The first-order chi connectivity index (χ1) is 12.5. The second kappa shape index (κ2) is 8.79. The van der Waals surface area contributed by atoms with Crippen LogP contribution >= 0.6 is 50.7 Å². The van der Waals surface area contributed by atoms with E-state index in [1.807, 2.05) is 60.7 Å². The van der Waals surface area contributed by atoms with E-state index in [4.69, 9.17) is 17.0 Å². The first kappa shape index (κ1) is 19.1. The van der Waals surface area contributed by atoms with Gasteiger partial charge in [0.2, 0.25) is 0 Å². The quantitative estimate of drug-likeness (QED) is 0.357. The number of hydrogen-bond acceptors (Lipinski definition) is 3. The number of fused-ring (bicyclic) bond motifs is 1. The van der Waals surface area contributed by atoms with Crippen molar-refractivity contribution in [3.05, 3.63) is 68.7 Å². The van der Waals surface area contributed by atoms with Gasteiger partial charge in [-0.15, -0.1) is 0 Å². The average Bonchev–Trinajstić information content (AvgIpc) is 2.63. The van der Waals surface area contributed by atoms with Crippen molar-refractivity contribution in [3.8, 4) is 5.75 Å². The number of thiocarbonyl (C=S) groups is 1. The van der Waals surface area contributed by atoms with Gasteiger partial charge in [-0.1, -0.05) is 30.3 Å². The van der Waals surface area contributed by atoms with Crippen molar-refractivity contribution >= 4 is 78.2 Å². The molecule has 3 rings (SSSR count). The van der Waals surface area contributed by atoms with E-state index in [9.17, 15) is 4.79 Å². The second-order valence-electron chi connectivity index (χ2n) is 5.40. The molecule has 2 N–H and O–H groups in total. The van der Waals surface area contributed by atoms with Crippen molar-refractivity contribution in [2.45, 2.75) is 0 Å². The Morgan fingerprint density at radius 1 is 1.08 bits per heavy atom. The Morgan fingerprint density at radius 3 is 2.58 bits per heavy atom. The Labute approximate surface area is 178 Å². The minimum atomic E-state index is -0.326. The Morgan fingerprint density at radius 2 is 1.81 bits per heavy atom. The largest absolute Gasteiger partial charge is 0.483 e. The van der Waals surface area contributed by atoms with E-state index in [2.05, 4.69) is 49.2 Å². The smallest absolute Gasteiger partial charge is 0.264 e. The molecule has 0 heterocycles. The number of carbonyl (C=O) groups excluding carboxylic acids is 1. The molecule has 0 spiro atoms. The number of benzene rings is 3. The fourth-order valence-electron chi connectivity index (χ4n) is 2.33. The molecule has 0 atom stereocenters. The van der Waals surface area contributed by atoms with E-state index in [0.717, 1.165) is 24.5 Å². The highest BCUT2D eigenvalue weighted by Crippen LogP contribution is 2.32. The van der Waals surface area contributed by atoms with Crippen LogP contribution in [0.25, 0.3) is 10.8 Å². The predicted molar refractivity (Wildman–Crippen MR) is 121 cm³/mol. The molecule has 4 nitrogen and oxygen atoms in total. The summed E-state index contributed by atoms with van der Waals surface area (Å²) in [4.78, 5) is 12.1. The van der Waals surface area contributed by atoms with E-state index < -0.39 is 0 Å². The lowest BCUT2D eigenvalue weighted by Crippen LogP contribution is -2.37. The molecule has 0 unspecified atom stereocenters. The topological polar surface area (TPSA) is 50.4 Å². The lowest BCUT2D eigenvalue weighted by molar-refractivity contribution is -0.121. The number of ether oxygens (including phenoxy) is 1. The standard InChI is InChI=1S/C19H14BrIN2O2S/c20-18-15-4-2-1-3-12(15)5-10-16(18)25-11-17(24)23-19(26)22-14-8-6-13(21)7-9-14/h1-10H,11H2,(H2,22,23,24,26). The Bertz CT molecular complexity index is 963. The predicted octanol–water partition coefficient (Wildman–Crippen LogP) is 5.10. The van der Waals surface area contributed by atoms with Crippen LogP contribution < -0.4 is 15.4 Å². The first-order valence-corrected chi connectivity index (χ1v) is 9.97. The molecule has 26 heavy (non-hydrogen) atoms. The minimum absolute atomic E-state index is 0.133. The Balaban J connectivity index is 1.56. The molecule has 3 aromatic carbocycles. The highest BCUT2D eigenvalue weighted by molar-refractivity contribution is 14.1. The van der Waals surface area contributed by atoms with Gasteiger partial charge in [0.05, 0.1) is 4.47 Å². The van der Waals surface area contributed by atoms with Crippen LogP contribution in [0.5, 0.6) is 5.75 Å². The summed E-state index contributed by atoms with van der Waals surface area (Å²) >= 11 is 10.9. The van der Waals surface area contributed by atoms with Crippen LogP contribution in [-0.4, -0.2) is 17.6 Å². The zero-order valence-electron chi connectivity index (χ0n) is 13.5. The number of anilines is 1. The number of carbonyl (C=O) groups is 1. The summed E-state index contributed by atoms with van der Waals surface area (Å²) in [6.45, 7) is -0.133. The number of nitrogens with one attached hydrogen (secondary N) is 2. The monoisotopic (exact) mass is 540 g/mol. The van der Waals surface area contributed by atoms with Crippen LogP contribution in [0.4, 0.5) is 5.69 Å². The van der Waals surface area contributed by atoms with Crippen molar-refractivity contribution in [1.82, 2.24) is 5.32 Å². The molecule has 0 radical (unpaired) electrons. The number of amides is 1. The Kier molecular flexibility index (Phi) is 6.44. The van der Waals surface area contributed by atoms with Crippen molar-refractivity contribution in [3.63, 3.8) is 0 Å². The van der Waals surface area contributed by atoms with Crippen LogP contribution in [0, 0.1) is 3.57 Å². The molecule has 0 aromatic heterocycles. The zero-order chi connectivity index (χ0) is 18.5. The summed E-state index contributed by atoms with van der Waals surface area (Å²) in [5, 5.41) is 7.93. The molecule has 0 bridgehead atoms. The maximum Gasteiger partial charge on any atom is 0.264 e. The molecular formula is C19H14BrIN2O2S. The van der Waals surface area contributed by atoms with Crippen molar-refractivity contribution in [1.29, 1.82) is 0 Å². The van der Waals surface area contributed by atoms with Crippen LogP contribution in [0.15, 0.2) is 65.1 Å². The highest BCUT2D eigenvalue weighted by Gasteiger charge is 2.10. The molecule has 0 aliphatic carbocycles. The zero-order valence-corrected chi connectivity index (χ0v) is 18.0. The average molecular weight is 541 g/mol. The van der Waals surface area contributed by atoms with Crippen LogP contribution in [0.1, 0.15) is 0 Å². The maximum atomic E-state index is 12.1. The fraction of sp³-hybridized carbons (Fsp3) is 0.0526. The van der Waals surface area contributed by atoms with Gasteiger partial charge in [-0.25, -0.2) is 0 Å². The summed E-state index contributed by atoms with van der Waals surface area (Å²) in [6.07, 6.45) is 0. The maximum absolute atomic E-state index is 12.1. The SMILES string of the molecule is O=C(COc1ccc2ccccc2c1Br)NC(=S)Nc1ccc(I)cc1. The molecule has 7 heteroatoms. The Hall–Kier alpha value is -1.71. The molecule has 0 aliphatic heterocycles. The third-order valence-corrected chi connectivity index (χ3v) is 5.28. The van der Waals surface area contributed by atoms with Gasteiger partial charge in [-0.3, -0.25) is 10.1 Å². The molecule has 0 saturated heterocycles. The molecule has 132 valence electrons.